The lowest BCUT2D eigenvalue weighted by Crippen LogP contribution is -2.11. The summed E-state index contributed by atoms with van der Waals surface area (Å²) in [5.41, 5.74) is 3.17. The highest BCUT2D eigenvalue weighted by Gasteiger charge is 2.11. The summed E-state index contributed by atoms with van der Waals surface area (Å²) in [7, 11) is 0. The smallest absolute Gasteiger partial charge is 0.267 e. The summed E-state index contributed by atoms with van der Waals surface area (Å²) in [6, 6.07) is 7.34. The Kier molecular flexibility index (Phi) is 4.16. The van der Waals surface area contributed by atoms with E-state index in [1.54, 1.807) is 5.51 Å². The van der Waals surface area contributed by atoms with E-state index in [-0.39, 0.29) is 12.0 Å². The molecule has 0 radical (unpaired) electrons. The van der Waals surface area contributed by atoms with Crippen molar-refractivity contribution >= 4 is 22.9 Å². The fraction of sp³-hybridized carbons (Fsp3) is 0.286. The van der Waals surface area contributed by atoms with Gasteiger partial charge in [-0.25, -0.2) is 4.98 Å². The van der Waals surface area contributed by atoms with E-state index >= 15 is 0 Å². The van der Waals surface area contributed by atoms with Gasteiger partial charge in [0.05, 0.1) is 17.3 Å². The number of rotatable bonds is 4. The molecule has 0 aliphatic heterocycles. The Bertz CT molecular complexity index is 561. The number of carbonyl (C=O) groups is 1. The maximum atomic E-state index is 12.0. The number of amides is 1. The van der Waals surface area contributed by atoms with E-state index in [0.717, 1.165) is 17.1 Å². The fourth-order valence-corrected chi connectivity index (χ4v) is 2.29. The van der Waals surface area contributed by atoms with Crippen molar-refractivity contribution in [3.8, 4) is 5.75 Å². The molecule has 1 amide bonds. The monoisotopic (exact) mass is 276 g/mol. The van der Waals surface area contributed by atoms with E-state index in [1.807, 2.05) is 45.0 Å². The van der Waals surface area contributed by atoms with Gasteiger partial charge in [-0.1, -0.05) is 0 Å². The standard InChI is InChI=1S/C14H16N2O2S/c1-9(2)18-12-6-4-11(5-7-12)16-14(17)13-10(3)15-8-19-13/h4-9H,1-3H3,(H,16,17). The quantitative estimate of drug-likeness (QED) is 0.930. The zero-order valence-electron chi connectivity index (χ0n) is 11.1. The first-order valence-corrected chi connectivity index (χ1v) is 6.92. The van der Waals surface area contributed by atoms with Crippen LogP contribution >= 0.6 is 11.3 Å². The highest BCUT2D eigenvalue weighted by atomic mass is 32.1. The average molecular weight is 276 g/mol. The van der Waals surface area contributed by atoms with Gasteiger partial charge < -0.3 is 10.1 Å². The number of carbonyl (C=O) groups excluding carboxylic acids is 1. The summed E-state index contributed by atoms with van der Waals surface area (Å²) in [5.74, 6) is 0.666. The van der Waals surface area contributed by atoms with Gasteiger partial charge in [-0.3, -0.25) is 4.79 Å². The molecule has 5 heteroatoms. The summed E-state index contributed by atoms with van der Waals surface area (Å²) in [6.45, 7) is 5.77. The number of ether oxygens (including phenoxy) is 1. The van der Waals surface area contributed by atoms with Gasteiger partial charge in [0.25, 0.3) is 5.91 Å². The number of nitrogens with zero attached hydrogens (tertiary/aromatic N) is 1. The lowest BCUT2D eigenvalue weighted by Gasteiger charge is -2.10. The molecule has 0 aliphatic rings. The largest absolute Gasteiger partial charge is 0.491 e. The Morgan fingerprint density at radius 3 is 2.53 bits per heavy atom. The Morgan fingerprint density at radius 1 is 1.32 bits per heavy atom. The van der Waals surface area contributed by atoms with Crippen LogP contribution in [0.1, 0.15) is 29.2 Å². The molecule has 1 heterocycles. The van der Waals surface area contributed by atoms with Crippen LogP contribution in [-0.2, 0) is 0 Å². The third-order valence-corrected chi connectivity index (χ3v) is 3.36. The van der Waals surface area contributed by atoms with E-state index in [0.29, 0.717) is 4.88 Å². The second kappa shape index (κ2) is 5.84. The average Bonchev–Trinajstić information content (AvgIpc) is 2.77. The first kappa shape index (κ1) is 13.5. The SMILES string of the molecule is Cc1ncsc1C(=O)Nc1ccc(OC(C)C)cc1. The molecule has 1 aromatic heterocycles. The van der Waals surface area contributed by atoms with Gasteiger partial charge >= 0.3 is 0 Å². The molecule has 0 unspecified atom stereocenters. The lowest BCUT2D eigenvalue weighted by atomic mass is 10.3. The van der Waals surface area contributed by atoms with Crippen molar-refractivity contribution in [3.63, 3.8) is 0 Å². The predicted molar refractivity (Wildman–Crippen MR) is 77.0 cm³/mol. The highest BCUT2D eigenvalue weighted by Crippen LogP contribution is 2.19. The maximum Gasteiger partial charge on any atom is 0.267 e. The Labute approximate surface area is 116 Å². The molecule has 0 fully saturated rings. The molecule has 0 aliphatic carbocycles. The van der Waals surface area contributed by atoms with Gasteiger partial charge in [-0.15, -0.1) is 11.3 Å². The van der Waals surface area contributed by atoms with Crippen LogP contribution in [-0.4, -0.2) is 17.0 Å². The number of anilines is 1. The van der Waals surface area contributed by atoms with Crippen molar-refractivity contribution in [3.05, 3.63) is 40.3 Å². The van der Waals surface area contributed by atoms with Crippen LogP contribution in [0.15, 0.2) is 29.8 Å². The van der Waals surface area contributed by atoms with Gasteiger partial charge in [0.2, 0.25) is 0 Å². The second-order valence-electron chi connectivity index (χ2n) is 4.41. The molecule has 100 valence electrons. The number of hydrogen-bond acceptors (Lipinski definition) is 4. The summed E-state index contributed by atoms with van der Waals surface area (Å²) in [4.78, 5) is 16.7. The number of aromatic nitrogens is 1. The van der Waals surface area contributed by atoms with Crippen molar-refractivity contribution in [1.82, 2.24) is 4.98 Å². The van der Waals surface area contributed by atoms with Crippen molar-refractivity contribution in [2.45, 2.75) is 26.9 Å². The minimum atomic E-state index is -0.127. The van der Waals surface area contributed by atoms with E-state index in [1.165, 1.54) is 11.3 Å². The number of aryl methyl sites for hydroxylation is 1. The fourth-order valence-electron chi connectivity index (χ4n) is 1.60. The van der Waals surface area contributed by atoms with Crippen molar-refractivity contribution in [2.24, 2.45) is 0 Å². The zero-order chi connectivity index (χ0) is 13.8. The summed E-state index contributed by atoms with van der Waals surface area (Å²) < 4.78 is 5.54. The number of thiazole rings is 1. The molecule has 0 saturated carbocycles. The summed E-state index contributed by atoms with van der Waals surface area (Å²) >= 11 is 1.34. The molecule has 2 aromatic rings. The third-order valence-electron chi connectivity index (χ3n) is 2.44. The van der Waals surface area contributed by atoms with E-state index in [4.69, 9.17) is 4.74 Å². The minimum Gasteiger partial charge on any atom is -0.491 e. The molecule has 1 aromatic carbocycles. The van der Waals surface area contributed by atoms with Crippen molar-refractivity contribution in [1.29, 1.82) is 0 Å². The Balaban J connectivity index is 2.04. The summed E-state index contributed by atoms with van der Waals surface area (Å²) in [6.07, 6.45) is 0.139. The van der Waals surface area contributed by atoms with Crippen LogP contribution in [0.3, 0.4) is 0 Å². The highest BCUT2D eigenvalue weighted by molar-refractivity contribution is 7.12. The second-order valence-corrected chi connectivity index (χ2v) is 5.27. The molecule has 0 spiro atoms. The third kappa shape index (κ3) is 3.54. The van der Waals surface area contributed by atoms with Crippen LogP contribution in [0.4, 0.5) is 5.69 Å². The van der Waals surface area contributed by atoms with Crippen molar-refractivity contribution < 1.29 is 9.53 Å². The molecular weight excluding hydrogens is 260 g/mol. The number of hydrogen-bond donors (Lipinski definition) is 1. The van der Waals surface area contributed by atoms with Gasteiger partial charge in [0.1, 0.15) is 10.6 Å². The molecule has 19 heavy (non-hydrogen) atoms. The number of nitrogens with one attached hydrogen (secondary N) is 1. The Morgan fingerprint density at radius 2 is 2.00 bits per heavy atom. The minimum absolute atomic E-state index is 0.127. The molecule has 2 rings (SSSR count). The van der Waals surface area contributed by atoms with Crippen LogP contribution < -0.4 is 10.1 Å². The van der Waals surface area contributed by atoms with Crippen LogP contribution in [0.25, 0.3) is 0 Å². The maximum absolute atomic E-state index is 12.0. The van der Waals surface area contributed by atoms with Crippen LogP contribution in [0.2, 0.25) is 0 Å². The molecule has 0 atom stereocenters. The predicted octanol–water partition coefficient (Wildman–Crippen LogP) is 3.49. The molecule has 0 bridgehead atoms. The van der Waals surface area contributed by atoms with E-state index < -0.39 is 0 Å². The van der Waals surface area contributed by atoms with E-state index in [2.05, 4.69) is 10.3 Å². The zero-order valence-corrected chi connectivity index (χ0v) is 12.0. The van der Waals surface area contributed by atoms with Gasteiger partial charge in [0.15, 0.2) is 0 Å². The number of benzene rings is 1. The van der Waals surface area contributed by atoms with Gasteiger partial charge in [-0.2, -0.15) is 0 Å². The molecule has 0 saturated heterocycles. The topological polar surface area (TPSA) is 51.2 Å². The molecule has 4 nitrogen and oxygen atoms in total. The first-order valence-electron chi connectivity index (χ1n) is 6.04. The normalized spacial score (nSPS) is 10.5. The van der Waals surface area contributed by atoms with E-state index in [9.17, 15) is 4.79 Å². The lowest BCUT2D eigenvalue weighted by molar-refractivity contribution is 0.103. The van der Waals surface area contributed by atoms with Crippen LogP contribution in [0.5, 0.6) is 5.75 Å². The molecular formula is C14H16N2O2S. The van der Waals surface area contributed by atoms with Gasteiger partial charge in [0, 0.05) is 5.69 Å². The Hall–Kier alpha value is -1.88. The summed E-state index contributed by atoms with van der Waals surface area (Å²) in [5, 5.41) is 2.84. The first-order chi connectivity index (χ1) is 9.06. The van der Waals surface area contributed by atoms with Crippen molar-refractivity contribution in [2.75, 3.05) is 5.32 Å². The molecule has 1 N–H and O–H groups in total. The van der Waals surface area contributed by atoms with Gasteiger partial charge in [-0.05, 0) is 45.0 Å². The van der Waals surface area contributed by atoms with Crippen LogP contribution in [0, 0.1) is 6.92 Å².